The summed E-state index contributed by atoms with van der Waals surface area (Å²) in [7, 11) is -3.27. The van der Waals surface area contributed by atoms with Gasteiger partial charge in [0.25, 0.3) is 0 Å². The first-order chi connectivity index (χ1) is 18.7. The first kappa shape index (κ1) is 28.0. The largest absolute Gasteiger partial charge is 0.474 e. The molecule has 0 unspecified atom stereocenters. The number of ether oxygens (including phenoxy) is 2. The standard InChI is InChI=1S/C24H25F5N6O4S/c1-10-3-4-31-5-6-32-21-15-20(34-23(35-21)39-12-8-40(36,37)9-12)18(26)19(33-22(15)38-10)13-7-14(30)17(25)11(2)16(13)24(27,28)29/h7,10,12,31H,3-6,8-9,30H2,1-2H3,(H,32,34,35)/t10-/m0/s1. The van der Waals surface area contributed by atoms with Gasteiger partial charge in [-0.3, -0.25) is 0 Å². The van der Waals surface area contributed by atoms with E-state index in [9.17, 15) is 26.0 Å². The highest BCUT2D eigenvalue weighted by Crippen LogP contribution is 2.44. The molecule has 1 fully saturated rings. The van der Waals surface area contributed by atoms with Crippen molar-refractivity contribution in [3.05, 3.63) is 28.8 Å². The van der Waals surface area contributed by atoms with E-state index in [1.165, 1.54) is 0 Å². The molecule has 0 radical (unpaired) electrons. The summed E-state index contributed by atoms with van der Waals surface area (Å²) in [6.45, 7) is 3.94. The molecule has 2 aliphatic heterocycles. The van der Waals surface area contributed by atoms with Crippen LogP contribution in [0, 0.1) is 18.6 Å². The number of pyridine rings is 1. The fourth-order valence-electron chi connectivity index (χ4n) is 4.62. The Labute approximate surface area is 225 Å². The van der Waals surface area contributed by atoms with Crippen molar-refractivity contribution in [2.45, 2.75) is 38.7 Å². The maximum atomic E-state index is 16.2. The molecule has 4 N–H and O–H groups in total. The van der Waals surface area contributed by atoms with E-state index in [0.29, 0.717) is 32.1 Å². The van der Waals surface area contributed by atoms with Crippen molar-refractivity contribution in [2.75, 3.05) is 42.2 Å². The second kappa shape index (κ2) is 10.1. The predicted molar refractivity (Wildman–Crippen MR) is 136 cm³/mol. The fraction of sp³-hybridized carbons (Fsp3) is 0.458. The van der Waals surface area contributed by atoms with E-state index in [-0.39, 0.29) is 28.6 Å². The van der Waals surface area contributed by atoms with Gasteiger partial charge in [0.1, 0.15) is 34.3 Å². The van der Waals surface area contributed by atoms with Crippen molar-refractivity contribution in [2.24, 2.45) is 0 Å². The third kappa shape index (κ3) is 5.29. The highest BCUT2D eigenvalue weighted by molar-refractivity contribution is 7.92. The molecule has 4 heterocycles. The Bertz CT molecular complexity index is 1590. The van der Waals surface area contributed by atoms with Crippen molar-refractivity contribution >= 4 is 32.2 Å². The van der Waals surface area contributed by atoms with Crippen LogP contribution in [0.4, 0.5) is 33.5 Å². The molecule has 0 aliphatic carbocycles. The Balaban J connectivity index is 1.79. The lowest BCUT2D eigenvalue weighted by Gasteiger charge is -2.26. The quantitative estimate of drug-likeness (QED) is 0.309. The molecule has 0 bridgehead atoms. The monoisotopic (exact) mass is 588 g/mol. The van der Waals surface area contributed by atoms with Crippen LogP contribution < -0.4 is 25.8 Å². The Morgan fingerprint density at radius 2 is 1.82 bits per heavy atom. The van der Waals surface area contributed by atoms with Crippen LogP contribution >= 0.6 is 0 Å². The number of anilines is 2. The van der Waals surface area contributed by atoms with E-state index >= 15 is 4.39 Å². The van der Waals surface area contributed by atoms with Gasteiger partial charge in [0.05, 0.1) is 28.9 Å². The van der Waals surface area contributed by atoms with Crippen LogP contribution in [0.3, 0.4) is 0 Å². The van der Waals surface area contributed by atoms with Gasteiger partial charge in [-0.1, -0.05) is 0 Å². The van der Waals surface area contributed by atoms with E-state index < -0.39 is 79.5 Å². The lowest BCUT2D eigenvalue weighted by atomic mass is 9.96. The van der Waals surface area contributed by atoms with E-state index in [2.05, 4.69) is 25.6 Å². The SMILES string of the molecule is Cc1c(F)c(N)cc(-c2nc3c4c(nc(OC5CS(=O)(=O)C5)nc4c2F)NCCNCC[C@H](C)O3)c1C(F)(F)F. The molecular weight excluding hydrogens is 563 g/mol. The summed E-state index contributed by atoms with van der Waals surface area (Å²) < 4.78 is 108. The van der Waals surface area contributed by atoms with Crippen molar-refractivity contribution in [3.63, 3.8) is 0 Å². The lowest BCUT2D eigenvalue weighted by molar-refractivity contribution is -0.137. The summed E-state index contributed by atoms with van der Waals surface area (Å²) in [6.07, 6.45) is -5.89. The molecule has 1 atom stereocenters. The highest BCUT2D eigenvalue weighted by Gasteiger charge is 2.40. The number of sulfone groups is 1. The normalized spacial score (nSPS) is 19.7. The number of halogens is 5. The van der Waals surface area contributed by atoms with Crippen molar-refractivity contribution in [3.8, 4) is 23.1 Å². The first-order valence-electron chi connectivity index (χ1n) is 12.3. The number of hydrogen-bond donors (Lipinski definition) is 3. The van der Waals surface area contributed by atoms with Crippen LogP contribution in [-0.4, -0.2) is 66.7 Å². The number of nitrogens with zero attached hydrogens (tertiary/aromatic N) is 3. The van der Waals surface area contributed by atoms with Gasteiger partial charge in [-0.05, 0) is 38.4 Å². The Morgan fingerprint density at radius 1 is 1.10 bits per heavy atom. The number of alkyl halides is 3. The van der Waals surface area contributed by atoms with Crippen LogP contribution in [0.15, 0.2) is 6.07 Å². The zero-order chi connectivity index (χ0) is 29.0. The number of benzene rings is 1. The molecule has 16 heteroatoms. The highest BCUT2D eigenvalue weighted by atomic mass is 32.2. The van der Waals surface area contributed by atoms with Crippen molar-refractivity contribution in [1.82, 2.24) is 20.3 Å². The number of rotatable bonds is 3. The van der Waals surface area contributed by atoms with Gasteiger partial charge < -0.3 is 25.8 Å². The van der Waals surface area contributed by atoms with Gasteiger partial charge in [0.2, 0.25) is 5.88 Å². The van der Waals surface area contributed by atoms with E-state index in [1.807, 2.05) is 0 Å². The average Bonchev–Trinajstić information content (AvgIpc) is 2.86. The van der Waals surface area contributed by atoms with Gasteiger partial charge in [-0.2, -0.15) is 23.1 Å². The maximum Gasteiger partial charge on any atom is 0.417 e. The number of nitrogen functional groups attached to an aromatic ring is 1. The number of hydrogen-bond acceptors (Lipinski definition) is 10. The Morgan fingerprint density at radius 3 is 2.50 bits per heavy atom. The molecule has 10 nitrogen and oxygen atoms in total. The Kier molecular flexibility index (Phi) is 7.10. The average molecular weight is 589 g/mol. The molecular formula is C24H25F5N6O4S. The van der Waals surface area contributed by atoms with Crippen LogP contribution in [0.5, 0.6) is 11.9 Å². The summed E-state index contributed by atoms with van der Waals surface area (Å²) in [5.74, 6) is -3.38. The lowest BCUT2D eigenvalue weighted by Crippen LogP contribution is -2.45. The van der Waals surface area contributed by atoms with Gasteiger partial charge in [0.15, 0.2) is 15.7 Å². The molecule has 0 spiro atoms. The summed E-state index contributed by atoms with van der Waals surface area (Å²) >= 11 is 0. The summed E-state index contributed by atoms with van der Waals surface area (Å²) in [5.41, 5.74) is 0.653. The zero-order valence-corrected chi connectivity index (χ0v) is 22.1. The van der Waals surface area contributed by atoms with Gasteiger partial charge >= 0.3 is 12.2 Å². The molecule has 0 saturated carbocycles. The molecule has 0 amide bonds. The minimum Gasteiger partial charge on any atom is -0.474 e. The van der Waals surface area contributed by atoms with Gasteiger partial charge in [-0.15, -0.1) is 0 Å². The predicted octanol–water partition coefficient (Wildman–Crippen LogP) is 3.23. The second-order valence-corrected chi connectivity index (χ2v) is 11.8. The number of nitrogens with one attached hydrogen (secondary N) is 2. The fourth-order valence-corrected chi connectivity index (χ4v) is 5.79. The Hall–Kier alpha value is -3.53. The summed E-state index contributed by atoms with van der Waals surface area (Å²) in [6, 6.07) is 0.281. The summed E-state index contributed by atoms with van der Waals surface area (Å²) in [5, 5.41) is 6.14. The number of aromatic nitrogens is 3. The molecule has 3 aromatic rings. The molecule has 1 saturated heterocycles. The molecule has 216 valence electrons. The molecule has 40 heavy (non-hydrogen) atoms. The van der Waals surface area contributed by atoms with Crippen LogP contribution in [-0.2, 0) is 16.0 Å². The van der Waals surface area contributed by atoms with E-state index in [0.717, 1.165) is 6.92 Å². The maximum absolute atomic E-state index is 16.2. The van der Waals surface area contributed by atoms with Crippen molar-refractivity contribution < 1.29 is 39.8 Å². The summed E-state index contributed by atoms with van der Waals surface area (Å²) in [4.78, 5) is 12.5. The van der Waals surface area contributed by atoms with Crippen LogP contribution in [0.25, 0.3) is 22.2 Å². The van der Waals surface area contributed by atoms with Crippen LogP contribution in [0.1, 0.15) is 24.5 Å². The molecule has 2 aliphatic rings. The third-order valence-corrected chi connectivity index (χ3v) is 8.34. The molecule has 5 rings (SSSR count). The zero-order valence-electron chi connectivity index (χ0n) is 21.3. The van der Waals surface area contributed by atoms with Crippen LogP contribution in [0.2, 0.25) is 0 Å². The van der Waals surface area contributed by atoms with Gasteiger partial charge in [0, 0.05) is 18.7 Å². The third-order valence-electron chi connectivity index (χ3n) is 6.58. The van der Waals surface area contributed by atoms with Gasteiger partial charge in [-0.25, -0.2) is 22.2 Å². The molecule has 2 aromatic heterocycles. The van der Waals surface area contributed by atoms with E-state index in [1.54, 1.807) is 6.92 Å². The topological polar surface area (TPSA) is 141 Å². The minimum atomic E-state index is -5.09. The smallest absolute Gasteiger partial charge is 0.417 e. The number of nitrogens with two attached hydrogens (primary N) is 1. The second-order valence-electron chi connectivity index (χ2n) is 9.69. The van der Waals surface area contributed by atoms with Crippen molar-refractivity contribution in [1.29, 1.82) is 0 Å². The molecule has 1 aromatic carbocycles. The minimum absolute atomic E-state index is 0.0249. The van der Waals surface area contributed by atoms with E-state index in [4.69, 9.17) is 15.2 Å². The first-order valence-corrected chi connectivity index (χ1v) is 14.1.